The lowest BCUT2D eigenvalue weighted by atomic mass is 10.1. The van der Waals surface area contributed by atoms with Gasteiger partial charge in [-0.15, -0.1) is 0 Å². The molecule has 0 atom stereocenters. The van der Waals surface area contributed by atoms with Gasteiger partial charge < -0.3 is 14.8 Å². The highest BCUT2D eigenvalue weighted by Gasteiger charge is 2.13. The molecule has 0 saturated heterocycles. The van der Waals surface area contributed by atoms with Crippen LogP contribution in [0, 0.1) is 22.0 Å². The first kappa shape index (κ1) is 26.4. The summed E-state index contributed by atoms with van der Waals surface area (Å²) in [6, 6.07) is 20.0. The van der Waals surface area contributed by atoms with Crippen LogP contribution < -0.4 is 10.1 Å². The van der Waals surface area contributed by atoms with Crippen molar-refractivity contribution in [1.29, 1.82) is 5.26 Å². The third kappa shape index (κ3) is 7.16. The van der Waals surface area contributed by atoms with Crippen molar-refractivity contribution in [2.75, 3.05) is 12.4 Å². The van der Waals surface area contributed by atoms with Gasteiger partial charge in [0.25, 0.3) is 5.91 Å². The van der Waals surface area contributed by atoms with Crippen LogP contribution in [0.1, 0.15) is 21.5 Å². The molecule has 0 bridgehead atoms. The molecule has 1 amide bonds. The van der Waals surface area contributed by atoms with E-state index in [0.717, 1.165) is 22.0 Å². The van der Waals surface area contributed by atoms with E-state index in [1.54, 1.807) is 12.1 Å². The van der Waals surface area contributed by atoms with Gasteiger partial charge in [0.05, 0.1) is 19.8 Å². The Labute approximate surface area is 238 Å². The number of esters is 1. The number of anilines is 1. The molecule has 0 spiro atoms. The number of rotatable bonds is 7. The molecule has 0 fully saturated rings. The second-order valence-corrected chi connectivity index (χ2v) is 10.5. The number of ether oxygens (including phenoxy) is 2. The van der Waals surface area contributed by atoms with Gasteiger partial charge >= 0.3 is 5.97 Å². The number of amides is 1. The molecular weight excluding hydrogens is 773 g/mol. The maximum Gasteiger partial charge on any atom is 0.337 e. The molecular formula is C25H17I3N2O4. The van der Waals surface area contributed by atoms with E-state index in [2.05, 4.69) is 77.8 Å². The highest BCUT2D eigenvalue weighted by atomic mass is 127. The zero-order valence-corrected chi connectivity index (χ0v) is 24.2. The number of methoxy groups -OCH3 is 1. The molecule has 0 heterocycles. The van der Waals surface area contributed by atoms with Crippen LogP contribution in [-0.4, -0.2) is 19.0 Å². The van der Waals surface area contributed by atoms with Crippen molar-refractivity contribution in [3.05, 3.63) is 93.6 Å². The summed E-state index contributed by atoms with van der Waals surface area (Å²) in [5, 5.41) is 12.2. The van der Waals surface area contributed by atoms with Gasteiger partial charge in [-0.3, -0.25) is 4.79 Å². The first-order valence-electron chi connectivity index (χ1n) is 9.78. The SMILES string of the molecule is COC(=O)c1ccc(NC(=O)/C(C#N)=C/c2cc(I)c(OCc3ccc(I)cc3)c(I)c2)cc1. The molecule has 6 nitrogen and oxygen atoms in total. The Bertz CT molecular complexity index is 1260. The Hall–Kier alpha value is -2.18. The standard InChI is InChI=1S/C25H17I3N2O4/c1-33-25(32)17-4-8-20(9-5-17)30-24(31)18(13-29)10-16-11-21(27)23(22(28)12-16)34-14-15-2-6-19(26)7-3-15/h2-12H,14H2,1H3,(H,30,31)/b18-10+. The van der Waals surface area contributed by atoms with E-state index in [9.17, 15) is 14.9 Å². The lowest BCUT2D eigenvalue weighted by Crippen LogP contribution is -2.13. The smallest absolute Gasteiger partial charge is 0.337 e. The van der Waals surface area contributed by atoms with Crippen LogP contribution in [-0.2, 0) is 16.1 Å². The number of hydrogen-bond donors (Lipinski definition) is 1. The van der Waals surface area contributed by atoms with Crippen LogP contribution in [0.2, 0.25) is 0 Å². The molecule has 3 aromatic carbocycles. The Balaban J connectivity index is 1.73. The van der Waals surface area contributed by atoms with Crippen molar-refractivity contribution < 1.29 is 19.1 Å². The number of carbonyl (C=O) groups is 2. The van der Waals surface area contributed by atoms with E-state index >= 15 is 0 Å². The molecule has 3 rings (SSSR count). The van der Waals surface area contributed by atoms with Crippen LogP contribution in [0.5, 0.6) is 5.75 Å². The number of hydrogen-bond acceptors (Lipinski definition) is 5. The molecule has 9 heteroatoms. The summed E-state index contributed by atoms with van der Waals surface area (Å²) < 4.78 is 13.6. The van der Waals surface area contributed by atoms with Crippen molar-refractivity contribution in [2.24, 2.45) is 0 Å². The number of nitrogens with one attached hydrogen (secondary N) is 1. The molecule has 3 aromatic rings. The van der Waals surface area contributed by atoms with Gasteiger partial charge in [-0.25, -0.2) is 4.79 Å². The maximum atomic E-state index is 12.6. The fourth-order valence-corrected chi connectivity index (χ4v) is 5.35. The first-order chi connectivity index (χ1) is 16.3. The fraction of sp³-hybridized carbons (Fsp3) is 0.0800. The quantitative estimate of drug-likeness (QED) is 0.130. The van der Waals surface area contributed by atoms with E-state index in [0.29, 0.717) is 23.4 Å². The van der Waals surface area contributed by atoms with Crippen LogP contribution in [0.25, 0.3) is 6.08 Å². The van der Waals surface area contributed by atoms with E-state index in [1.165, 1.54) is 25.3 Å². The molecule has 0 aliphatic carbocycles. The Morgan fingerprint density at radius 3 is 2.18 bits per heavy atom. The van der Waals surface area contributed by atoms with E-state index in [-0.39, 0.29) is 5.57 Å². The predicted molar refractivity (Wildman–Crippen MR) is 155 cm³/mol. The van der Waals surface area contributed by atoms with Crippen LogP contribution in [0.15, 0.2) is 66.2 Å². The van der Waals surface area contributed by atoms with Crippen LogP contribution in [0.4, 0.5) is 5.69 Å². The highest BCUT2D eigenvalue weighted by molar-refractivity contribution is 14.1. The lowest BCUT2D eigenvalue weighted by Gasteiger charge is -2.12. The summed E-state index contributed by atoms with van der Waals surface area (Å²) in [6.45, 7) is 0.443. The molecule has 0 saturated carbocycles. The molecule has 172 valence electrons. The van der Waals surface area contributed by atoms with E-state index < -0.39 is 11.9 Å². The highest BCUT2D eigenvalue weighted by Crippen LogP contribution is 2.30. The Morgan fingerprint density at radius 2 is 1.62 bits per heavy atom. The van der Waals surface area contributed by atoms with Gasteiger partial charge in [0, 0.05) is 9.26 Å². The first-order valence-corrected chi connectivity index (χ1v) is 13.0. The summed E-state index contributed by atoms with van der Waals surface area (Å²) in [7, 11) is 1.30. The van der Waals surface area contributed by atoms with Gasteiger partial charge in [-0.1, -0.05) is 12.1 Å². The minimum absolute atomic E-state index is 0.0452. The van der Waals surface area contributed by atoms with Gasteiger partial charge in [0.1, 0.15) is 24.0 Å². The molecule has 0 aromatic heterocycles. The summed E-state index contributed by atoms with van der Waals surface area (Å²) >= 11 is 6.63. The maximum absolute atomic E-state index is 12.6. The number of benzene rings is 3. The molecule has 0 aliphatic heterocycles. The van der Waals surface area contributed by atoms with Crippen LogP contribution >= 0.6 is 67.8 Å². The van der Waals surface area contributed by atoms with Crippen molar-refractivity contribution >= 4 is 91.4 Å². The molecule has 0 aliphatic rings. The second-order valence-electron chi connectivity index (χ2n) is 6.92. The lowest BCUT2D eigenvalue weighted by molar-refractivity contribution is -0.112. The van der Waals surface area contributed by atoms with E-state index in [4.69, 9.17) is 4.74 Å². The average Bonchev–Trinajstić information content (AvgIpc) is 2.83. The average molecular weight is 790 g/mol. The van der Waals surface area contributed by atoms with Crippen molar-refractivity contribution in [3.63, 3.8) is 0 Å². The minimum atomic E-state index is -0.544. The van der Waals surface area contributed by atoms with Gasteiger partial charge in [-0.2, -0.15) is 5.26 Å². The van der Waals surface area contributed by atoms with Crippen molar-refractivity contribution in [2.45, 2.75) is 6.61 Å². The topological polar surface area (TPSA) is 88.4 Å². The zero-order valence-electron chi connectivity index (χ0n) is 17.8. The molecule has 0 radical (unpaired) electrons. The van der Waals surface area contributed by atoms with Crippen molar-refractivity contribution in [1.82, 2.24) is 0 Å². The van der Waals surface area contributed by atoms with E-state index in [1.807, 2.05) is 42.5 Å². The number of nitrogens with zero attached hydrogens (tertiary/aromatic N) is 1. The Morgan fingerprint density at radius 1 is 1.00 bits per heavy atom. The summed E-state index contributed by atoms with van der Waals surface area (Å²) in [5.74, 6) is -0.256. The minimum Gasteiger partial charge on any atom is -0.487 e. The monoisotopic (exact) mass is 790 g/mol. The van der Waals surface area contributed by atoms with Crippen LogP contribution in [0.3, 0.4) is 0 Å². The number of halogens is 3. The predicted octanol–water partition coefficient (Wildman–Crippen LogP) is 6.41. The number of nitriles is 1. The summed E-state index contributed by atoms with van der Waals surface area (Å²) in [5.41, 5.74) is 2.56. The normalized spacial score (nSPS) is 10.9. The third-order valence-corrected chi connectivity index (χ3v) is 6.88. The summed E-state index contributed by atoms with van der Waals surface area (Å²) in [4.78, 5) is 24.2. The molecule has 1 N–H and O–H groups in total. The molecule has 0 unspecified atom stereocenters. The molecule has 34 heavy (non-hydrogen) atoms. The zero-order chi connectivity index (χ0) is 24.7. The Kier molecular flexibility index (Phi) is 9.72. The van der Waals surface area contributed by atoms with Gasteiger partial charge in [-0.05, 0) is 134 Å². The van der Waals surface area contributed by atoms with Gasteiger partial charge in [0.15, 0.2) is 0 Å². The second kappa shape index (κ2) is 12.5. The number of carbonyl (C=O) groups excluding carboxylic acids is 2. The van der Waals surface area contributed by atoms with Gasteiger partial charge in [0.2, 0.25) is 0 Å². The largest absolute Gasteiger partial charge is 0.487 e. The summed E-state index contributed by atoms with van der Waals surface area (Å²) in [6.07, 6.45) is 1.53. The fourth-order valence-electron chi connectivity index (χ4n) is 2.86. The van der Waals surface area contributed by atoms with Crippen molar-refractivity contribution in [3.8, 4) is 11.8 Å². The third-order valence-electron chi connectivity index (χ3n) is 4.56.